The first-order valence-electron chi connectivity index (χ1n) is 7.44. The highest BCUT2D eigenvalue weighted by Gasteiger charge is 2.13. The summed E-state index contributed by atoms with van der Waals surface area (Å²) in [6, 6.07) is 23.9. The Bertz CT molecular complexity index is 915. The Morgan fingerprint density at radius 2 is 1.39 bits per heavy atom. The number of oxazole rings is 1. The van der Waals surface area contributed by atoms with E-state index in [4.69, 9.17) is 4.42 Å². The summed E-state index contributed by atoms with van der Waals surface area (Å²) in [6.07, 6.45) is 3.55. The molecule has 0 radical (unpaired) electrons. The quantitative estimate of drug-likeness (QED) is 0.530. The fourth-order valence-corrected chi connectivity index (χ4v) is 2.55. The van der Waals surface area contributed by atoms with Crippen LogP contribution in [0.2, 0.25) is 0 Å². The van der Waals surface area contributed by atoms with Crippen LogP contribution in [0.5, 0.6) is 0 Å². The number of hydrogen-bond acceptors (Lipinski definition) is 3. The third-order valence-electron chi connectivity index (χ3n) is 3.66. The van der Waals surface area contributed by atoms with Crippen molar-refractivity contribution in [3.63, 3.8) is 0 Å². The third-order valence-corrected chi connectivity index (χ3v) is 3.66. The number of rotatable bonds is 3. The molecule has 0 aliphatic rings. The molecule has 0 atom stereocenters. The van der Waals surface area contributed by atoms with Crippen LogP contribution in [0.15, 0.2) is 89.6 Å². The molecule has 2 aromatic carbocycles. The zero-order valence-corrected chi connectivity index (χ0v) is 12.4. The summed E-state index contributed by atoms with van der Waals surface area (Å²) < 4.78 is 5.98. The minimum atomic E-state index is 0.602. The molecule has 2 heterocycles. The van der Waals surface area contributed by atoms with Gasteiger partial charge in [-0.2, -0.15) is 0 Å². The molecule has 0 saturated heterocycles. The van der Waals surface area contributed by atoms with Gasteiger partial charge >= 0.3 is 0 Å². The summed E-state index contributed by atoms with van der Waals surface area (Å²) in [5.74, 6) is 1.36. The van der Waals surface area contributed by atoms with Crippen LogP contribution in [0.4, 0.5) is 0 Å². The van der Waals surface area contributed by atoms with Gasteiger partial charge in [0, 0.05) is 22.9 Å². The van der Waals surface area contributed by atoms with Gasteiger partial charge in [0.1, 0.15) is 0 Å². The summed E-state index contributed by atoms with van der Waals surface area (Å²) in [4.78, 5) is 8.89. The third kappa shape index (κ3) is 2.64. The average Bonchev–Trinajstić information content (AvgIpc) is 3.13. The molecule has 0 bridgehead atoms. The maximum absolute atomic E-state index is 5.98. The van der Waals surface area contributed by atoms with Crippen molar-refractivity contribution in [3.8, 4) is 34.0 Å². The average molecular weight is 298 g/mol. The zero-order chi connectivity index (χ0) is 15.5. The lowest BCUT2D eigenvalue weighted by atomic mass is 10.0. The van der Waals surface area contributed by atoms with Crippen LogP contribution >= 0.6 is 0 Å². The lowest BCUT2D eigenvalue weighted by molar-refractivity contribution is 0.589. The second kappa shape index (κ2) is 5.89. The van der Waals surface area contributed by atoms with Gasteiger partial charge in [-0.1, -0.05) is 54.6 Å². The maximum Gasteiger partial charge on any atom is 0.227 e. The molecule has 3 nitrogen and oxygen atoms in total. The number of hydrogen-bond donors (Lipinski definition) is 0. The van der Waals surface area contributed by atoms with Gasteiger partial charge in [-0.3, -0.25) is 4.98 Å². The number of nitrogens with zero attached hydrogens (tertiary/aromatic N) is 2. The van der Waals surface area contributed by atoms with Gasteiger partial charge in [0.05, 0.1) is 11.9 Å². The Kier molecular flexibility index (Phi) is 3.45. The van der Waals surface area contributed by atoms with Crippen molar-refractivity contribution in [2.75, 3.05) is 0 Å². The van der Waals surface area contributed by atoms with E-state index in [9.17, 15) is 0 Å². The topological polar surface area (TPSA) is 38.9 Å². The SMILES string of the molecule is c1ccc(-c2cnc(-c3ccccc3-c3ccccn3)o2)cc1. The smallest absolute Gasteiger partial charge is 0.227 e. The van der Waals surface area contributed by atoms with E-state index in [0.717, 1.165) is 28.1 Å². The van der Waals surface area contributed by atoms with E-state index < -0.39 is 0 Å². The highest BCUT2D eigenvalue weighted by molar-refractivity contribution is 5.78. The van der Waals surface area contributed by atoms with Gasteiger partial charge in [0.2, 0.25) is 5.89 Å². The number of pyridine rings is 1. The monoisotopic (exact) mass is 298 g/mol. The van der Waals surface area contributed by atoms with Gasteiger partial charge in [-0.05, 0) is 18.2 Å². The molecule has 4 aromatic rings. The Morgan fingerprint density at radius 3 is 2.17 bits per heavy atom. The summed E-state index contributed by atoms with van der Waals surface area (Å²) >= 11 is 0. The lowest BCUT2D eigenvalue weighted by Gasteiger charge is -2.05. The molecular formula is C20H14N2O. The van der Waals surface area contributed by atoms with Gasteiger partial charge in [0.15, 0.2) is 5.76 Å². The fraction of sp³-hybridized carbons (Fsp3) is 0. The van der Waals surface area contributed by atoms with Crippen molar-refractivity contribution in [3.05, 3.63) is 85.2 Å². The van der Waals surface area contributed by atoms with Crippen LogP contribution < -0.4 is 0 Å². The van der Waals surface area contributed by atoms with Crippen molar-refractivity contribution in [2.24, 2.45) is 0 Å². The second-order valence-corrected chi connectivity index (χ2v) is 5.16. The normalized spacial score (nSPS) is 10.6. The Labute approximate surface area is 134 Å². The van der Waals surface area contributed by atoms with E-state index in [1.807, 2.05) is 72.8 Å². The molecule has 0 N–H and O–H groups in total. The molecule has 3 heteroatoms. The molecule has 0 spiro atoms. The fourth-order valence-electron chi connectivity index (χ4n) is 2.55. The second-order valence-electron chi connectivity index (χ2n) is 5.16. The van der Waals surface area contributed by atoms with Gasteiger partial charge < -0.3 is 4.42 Å². The van der Waals surface area contributed by atoms with Gasteiger partial charge in [0.25, 0.3) is 0 Å². The van der Waals surface area contributed by atoms with E-state index in [0.29, 0.717) is 5.89 Å². The molecule has 0 saturated carbocycles. The van der Waals surface area contributed by atoms with Crippen molar-refractivity contribution in [2.45, 2.75) is 0 Å². The van der Waals surface area contributed by atoms with E-state index >= 15 is 0 Å². The van der Waals surface area contributed by atoms with Crippen molar-refractivity contribution >= 4 is 0 Å². The van der Waals surface area contributed by atoms with Gasteiger partial charge in [-0.25, -0.2) is 4.98 Å². The molecule has 0 unspecified atom stereocenters. The van der Waals surface area contributed by atoms with Crippen LogP contribution in [0, 0.1) is 0 Å². The van der Waals surface area contributed by atoms with E-state index in [1.54, 1.807) is 12.4 Å². The summed E-state index contributed by atoms with van der Waals surface area (Å²) in [6.45, 7) is 0. The minimum absolute atomic E-state index is 0.602. The maximum atomic E-state index is 5.98. The minimum Gasteiger partial charge on any atom is -0.436 e. The largest absolute Gasteiger partial charge is 0.436 e. The highest BCUT2D eigenvalue weighted by Crippen LogP contribution is 2.32. The first kappa shape index (κ1) is 13.5. The molecule has 23 heavy (non-hydrogen) atoms. The van der Waals surface area contributed by atoms with E-state index in [1.165, 1.54) is 0 Å². The molecule has 0 aliphatic carbocycles. The Morgan fingerprint density at radius 1 is 0.652 bits per heavy atom. The van der Waals surface area contributed by atoms with E-state index in [-0.39, 0.29) is 0 Å². The Hall–Kier alpha value is -3.20. The summed E-state index contributed by atoms with van der Waals surface area (Å²) in [5, 5.41) is 0. The molecule has 0 amide bonds. The van der Waals surface area contributed by atoms with Crippen LogP contribution in [0.1, 0.15) is 0 Å². The molecule has 4 rings (SSSR count). The van der Waals surface area contributed by atoms with Crippen LogP contribution in [-0.4, -0.2) is 9.97 Å². The Balaban J connectivity index is 1.79. The van der Waals surface area contributed by atoms with Crippen LogP contribution in [0.3, 0.4) is 0 Å². The molecule has 0 aliphatic heterocycles. The zero-order valence-electron chi connectivity index (χ0n) is 12.4. The highest BCUT2D eigenvalue weighted by atomic mass is 16.4. The van der Waals surface area contributed by atoms with Crippen molar-refractivity contribution in [1.29, 1.82) is 0 Å². The molecule has 2 aromatic heterocycles. The molecular weight excluding hydrogens is 284 g/mol. The first-order valence-corrected chi connectivity index (χ1v) is 7.44. The standard InChI is InChI=1S/C20H14N2O/c1-2-8-15(9-3-1)19-14-22-20(23-19)17-11-5-4-10-16(17)18-12-6-7-13-21-18/h1-14H. The molecule has 0 fully saturated rings. The van der Waals surface area contributed by atoms with Crippen LogP contribution in [0.25, 0.3) is 34.0 Å². The summed E-state index contributed by atoms with van der Waals surface area (Å²) in [7, 11) is 0. The molecule has 110 valence electrons. The van der Waals surface area contributed by atoms with Crippen LogP contribution in [-0.2, 0) is 0 Å². The first-order chi connectivity index (χ1) is 11.4. The predicted molar refractivity (Wildman–Crippen MR) is 90.6 cm³/mol. The number of benzene rings is 2. The number of aromatic nitrogens is 2. The summed E-state index contributed by atoms with van der Waals surface area (Å²) in [5.41, 5.74) is 3.87. The van der Waals surface area contributed by atoms with Crippen molar-refractivity contribution in [1.82, 2.24) is 9.97 Å². The van der Waals surface area contributed by atoms with E-state index in [2.05, 4.69) is 9.97 Å². The van der Waals surface area contributed by atoms with Gasteiger partial charge in [-0.15, -0.1) is 0 Å². The van der Waals surface area contributed by atoms with Crippen molar-refractivity contribution < 1.29 is 4.42 Å². The lowest BCUT2D eigenvalue weighted by Crippen LogP contribution is -1.87. The predicted octanol–water partition coefficient (Wildman–Crippen LogP) is 5.07.